The second-order valence-electron chi connectivity index (χ2n) is 4.91. The number of para-hydroxylation sites is 1. The third-order valence-electron chi connectivity index (χ3n) is 3.19. The number of aromatic nitrogens is 1. The lowest BCUT2D eigenvalue weighted by molar-refractivity contribution is -0.120. The first-order valence-corrected chi connectivity index (χ1v) is 7.22. The van der Waals surface area contributed by atoms with E-state index in [0.29, 0.717) is 5.02 Å². The number of hydrazone groups is 1. The average molecular weight is 312 g/mol. The number of carbonyl (C=O) groups is 1. The fourth-order valence-corrected chi connectivity index (χ4v) is 2.41. The smallest absolute Gasteiger partial charge is 0.245 e. The number of aromatic amines is 1. The second-order valence-corrected chi connectivity index (χ2v) is 5.34. The number of H-pyrrole nitrogens is 1. The lowest BCUT2D eigenvalue weighted by Gasteiger charge is -1.98. The second kappa shape index (κ2) is 6.45. The Kier molecular flexibility index (Phi) is 4.21. The molecule has 0 saturated heterocycles. The van der Waals surface area contributed by atoms with Gasteiger partial charge in [0.1, 0.15) is 0 Å². The summed E-state index contributed by atoms with van der Waals surface area (Å²) in [5, 5.41) is 5.66. The summed E-state index contributed by atoms with van der Waals surface area (Å²) in [6, 6.07) is 17.1. The summed E-state index contributed by atoms with van der Waals surface area (Å²) in [5.41, 5.74) is 5.22. The van der Waals surface area contributed by atoms with Gasteiger partial charge in [0.2, 0.25) is 5.91 Å². The summed E-state index contributed by atoms with van der Waals surface area (Å²) in [5.74, 6) is -0.176. The maximum Gasteiger partial charge on any atom is 0.245 e. The Morgan fingerprint density at radius 3 is 2.86 bits per heavy atom. The molecular weight excluding hydrogens is 298 g/mol. The number of nitrogens with one attached hydrogen (secondary N) is 2. The standard InChI is InChI=1S/C17H14ClN3O/c18-14-6-3-4-12(8-14)11-19-21-17(22)10-15-9-13-5-1-2-7-16(13)20-15/h1-9,11,20H,10H2,(H,21,22)/b19-11-. The third kappa shape index (κ3) is 3.54. The van der Waals surface area contributed by atoms with Gasteiger partial charge in [0, 0.05) is 16.2 Å². The molecule has 3 rings (SSSR count). The fraction of sp³-hybridized carbons (Fsp3) is 0.0588. The summed E-state index contributed by atoms with van der Waals surface area (Å²) in [7, 11) is 0. The van der Waals surface area contributed by atoms with Crippen molar-refractivity contribution in [3.8, 4) is 0 Å². The fourth-order valence-electron chi connectivity index (χ4n) is 2.21. The largest absolute Gasteiger partial charge is 0.358 e. The van der Waals surface area contributed by atoms with Crippen molar-refractivity contribution in [1.29, 1.82) is 0 Å². The van der Waals surface area contributed by atoms with Crippen molar-refractivity contribution < 1.29 is 4.79 Å². The van der Waals surface area contributed by atoms with Gasteiger partial charge in [-0.1, -0.05) is 41.9 Å². The van der Waals surface area contributed by atoms with Crippen LogP contribution in [0.4, 0.5) is 0 Å². The van der Waals surface area contributed by atoms with E-state index in [9.17, 15) is 4.79 Å². The minimum absolute atomic E-state index is 0.176. The molecule has 3 aromatic rings. The summed E-state index contributed by atoms with van der Waals surface area (Å²) in [6.07, 6.45) is 1.82. The van der Waals surface area contributed by atoms with Gasteiger partial charge in [-0.05, 0) is 35.2 Å². The van der Waals surface area contributed by atoms with Crippen molar-refractivity contribution in [2.75, 3.05) is 0 Å². The minimum atomic E-state index is -0.176. The van der Waals surface area contributed by atoms with Gasteiger partial charge in [0.05, 0.1) is 12.6 Å². The van der Waals surface area contributed by atoms with E-state index in [1.807, 2.05) is 42.5 Å². The van der Waals surface area contributed by atoms with E-state index in [-0.39, 0.29) is 12.3 Å². The molecule has 22 heavy (non-hydrogen) atoms. The Morgan fingerprint density at radius 2 is 2.05 bits per heavy atom. The van der Waals surface area contributed by atoms with Crippen molar-refractivity contribution in [2.24, 2.45) is 5.10 Å². The Labute approximate surface area is 132 Å². The molecule has 0 spiro atoms. The van der Waals surface area contributed by atoms with Crippen LogP contribution in [-0.2, 0) is 11.2 Å². The number of rotatable bonds is 4. The van der Waals surface area contributed by atoms with Crippen LogP contribution in [0.5, 0.6) is 0 Å². The molecule has 110 valence electrons. The summed E-state index contributed by atoms with van der Waals surface area (Å²) < 4.78 is 0. The van der Waals surface area contributed by atoms with Gasteiger partial charge in [-0.25, -0.2) is 5.43 Å². The topological polar surface area (TPSA) is 57.2 Å². The number of benzene rings is 2. The zero-order valence-electron chi connectivity index (χ0n) is 11.7. The molecule has 0 aliphatic carbocycles. The SMILES string of the molecule is O=C(Cc1cc2ccccc2[nH]1)N/N=C\c1cccc(Cl)c1. The normalized spacial score (nSPS) is 11.1. The molecule has 1 aromatic heterocycles. The van der Waals surface area contributed by atoms with E-state index < -0.39 is 0 Å². The van der Waals surface area contributed by atoms with Crippen molar-refractivity contribution >= 4 is 34.6 Å². The third-order valence-corrected chi connectivity index (χ3v) is 3.42. The predicted molar refractivity (Wildman–Crippen MR) is 89.2 cm³/mol. The van der Waals surface area contributed by atoms with E-state index in [1.54, 1.807) is 18.3 Å². The molecule has 0 aliphatic heterocycles. The number of carbonyl (C=O) groups excluding carboxylic acids is 1. The number of fused-ring (bicyclic) bond motifs is 1. The molecule has 0 aliphatic rings. The summed E-state index contributed by atoms with van der Waals surface area (Å²) >= 11 is 5.88. The summed E-state index contributed by atoms with van der Waals surface area (Å²) in [4.78, 5) is 15.1. The molecule has 5 heteroatoms. The Bertz CT molecular complexity index is 806. The van der Waals surface area contributed by atoms with Crippen LogP contribution in [0, 0.1) is 0 Å². The van der Waals surface area contributed by atoms with E-state index in [1.165, 1.54) is 0 Å². The van der Waals surface area contributed by atoms with Crippen LogP contribution < -0.4 is 5.43 Å². The Hall–Kier alpha value is -2.59. The minimum Gasteiger partial charge on any atom is -0.358 e. The van der Waals surface area contributed by atoms with Gasteiger partial charge in [0.15, 0.2) is 0 Å². The molecule has 0 unspecified atom stereocenters. The molecule has 0 saturated carbocycles. The van der Waals surface area contributed by atoms with Gasteiger partial charge in [-0.3, -0.25) is 4.79 Å². The molecule has 1 heterocycles. The monoisotopic (exact) mass is 311 g/mol. The lowest BCUT2D eigenvalue weighted by Crippen LogP contribution is -2.19. The highest BCUT2D eigenvalue weighted by Crippen LogP contribution is 2.14. The quantitative estimate of drug-likeness (QED) is 0.562. The first-order valence-electron chi connectivity index (χ1n) is 6.85. The molecule has 0 fully saturated rings. The van der Waals surface area contributed by atoms with Gasteiger partial charge in [-0.2, -0.15) is 5.10 Å². The zero-order valence-corrected chi connectivity index (χ0v) is 12.5. The van der Waals surface area contributed by atoms with Crippen LogP contribution in [0.3, 0.4) is 0 Å². The lowest BCUT2D eigenvalue weighted by atomic mass is 10.2. The highest BCUT2D eigenvalue weighted by molar-refractivity contribution is 6.30. The number of amides is 1. The average Bonchev–Trinajstić information content (AvgIpc) is 2.89. The zero-order chi connectivity index (χ0) is 15.4. The molecule has 2 N–H and O–H groups in total. The van der Waals surface area contributed by atoms with E-state index >= 15 is 0 Å². The van der Waals surface area contributed by atoms with E-state index in [0.717, 1.165) is 22.2 Å². The number of hydrogen-bond donors (Lipinski definition) is 2. The molecule has 4 nitrogen and oxygen atoms in total. The number of hydrogen-bond acceptors (Lipinski definition) is 2. The molecule has 0 atom stereocenters. The van der Waals surface area contributed by atoms with Crippen molar-refractivity contribution in [3.63, 3.8) is 0 Å². The predicted octanol–water partition coefficient (Wildman–Crippen LogP) is 3.51. The van der Waals surface area contributed by atoms with Crippen molar-refractivity contribution in [3.05, 3.63) is 70.9 Å². The summed E-state index contributed by atoms with van der Waals surface area (Å²) in [6.45, 7) is 0. The first kappa shape index (κ1) is 14.4. The van der Waals surface area contributed by atoms with E-state index in [2.05, 4.69) is 15.5 Å². The highest BCUT2D eigenvalue weighted by Gasteiger charge is 2.05. The van der Waals surface area contributed by atoms with Crippen LogP contribution in [0.15, 0.2) is 59.7 Å². The van der Waals surface area contributed by atoms with Gasteiger partial charge < -0.3 is 4.98 Å². The van der Waals surface area contributed by atoms with Crippen LogP contribution in [0.1, 0.15) is 11.3 Å². The number of nitrogens with zero attached hydrogens (tertiary/aromatic N) is 1. The van der Waals surface area contributed by atoms with Gasteiger partial charge in [-0.15, -0.1) is 0 Å². The molecule has 2 aromatic carbocycles. The number of halogens is 1. The van der Waals surface area contributed by atoms with Gasteiger partial charge in [0.25, 0.3) is 0 Å². The maximum absolute atomic E-state index is 11.9. The van der Waals surface area contributed by atoms with Crippen LogP contribution >= 0.6 is 11.6 Å². The van der Waals surface area contributed by atoms with Crippen molar-refractivity contribution in [1.82, 2.24) is 10.4 Å². The Balaban J connectivity index is 1.60. The molecule has 0 bridgehead atoms. The first-order chi connectivity index (χ1) is 10.7. The van der Waals surface area contributed by atoms with E-state index in [4.69, 9.17) is 11.6 Å². The maximum atomic E-state index is 11.9. The highest BCUT2D eigenvalue weighted by atomic mass is 35.5. The van der Waals surface area contributed by atoms with Crippen LogP contribution in [0.25, 0.3) is 10.9 Å². The molecular formula is C17H14ClN3O. The van der Waals surface area contributed by atoms with Crippen LogP contribution in [-0.4, -0.2) is 17.1 Å². The van der Waals surface area contributed by atoms with Crippen molar-refractivity contribution in [2.45, 2.75) is 6.42 Å². The molecule has 0 radical (unpaired) electrons. The van der Waals surface area contributed by atoms with Crippen LogP contribution in [0.2, 0.25) is 5.02 Å². The Morgan fingerprint density at radius 1 is 1.18 bits per heavy atom. The van der Waals surface area contributed by atoms with Gasteiger partial charge >= 0.3 is 0 Å². The molecule has 1 amide bonds.